The molecule has 0 aromatic carbocycles. The fraction of sp³-hybridized carbons (Fsp3) is 0.200. The number of alkyl halides is 3. The molecule has 0 spiro atoms. The van der Waals surface area contributed by atoms with Crippen molar-refractivity contribution in [3.8, 4) is 0 Å². The van der Waals surface area contributed by atoms with Crippen LogP contribution in [0.1, 0.15) is 11.5 Å². The highest BCUT2D eigenvalue weighted by Gasteiger charge is 2.34. The highest BCUT2D eigenvalue weighted by atomic mass is 19.4. The quantitative estimate of drug-likeness (QED) is 0.664. The number of aromatic nitrogens is 3. The van der Waals surface area contributed by atoms with Crippen molar-refractivity contribution in [1.82, 2.24) is 15.0 Å². The molecular formula is C10H8F3N5O2. The number of nitrogens with one attached hydrogen (secondary N) is 2. The largest absolute Gasteiger partial charge is 0.433 e. The Balaban J connectivity index is 2.29. The van der Waals surface area contributed by atoms with Gasteiger partial charge in [-0.25, -0.2) is 9.97 Å². The number of nitrogens with zero attached hydrogens (tertiary/aromatic N) is 3. The SMILES string of the molecule is O=[N+]([O-])c1cnc(C(F)(F)F)cc1NCc1ncc[nH]1. The van der Waals surface area contributed by atoms with Crippen LogP contribution in [0.25, 0.3) is 0 Å². The molecule has 0 bridgehead atoms. The first-order valence-corrected chi connectivity index (χ1v) is 5.31. The van der Waals surface area contributed by atoms with E-state index in [-0.39, 0.29) is 12.2 Å². The van der Waals surface area contributed by atoms with Crippen molar-refractivity contribution in [1.29, 1.82) is 0 Å². The first-order chi connectivity index (χ1) is 9.38. The molecule has 2 aromatic heterocycles. The molecule has 2 aromatic rings. The maximum absolute atomic E-state index is 12.5. The molecule has 0 radical (unpaired) electrons. The first-order valence-electron chi connectivity index (χ1n) is 5.31. The van der Waals surface area contributed by atoms with E-state index >= 15 is 0 Å². The smallest absolute Gasteiger partial charge is 0.372 e. The molecule has 2 N–H and O–H groups in total. The van der Waals surface area contributed by atoms with Crippen molar-refractivity contribution < 1.29 is 18.1 Å². The fourth-order valence-electron chi connectivity index (χ4n) is 1.46. The zero-order valence-electron chi connectivity index (χ0n) is 9.81. The topological polar surface area (TPSA) is 96.7 Å². The molecule has 0 fully saturated rings. The third kappa shape index (κ3) is 3.02. The standard InChI is InChI=1S/C10H8F3N5O2/c11-10(12,13)8-3-6(7(4-17-8)18(19)20)16-5-9-14-1-2-15-9/h1-4H,5H2,(H,14,15)(H,16,17). The number of nitro groups is 1. The third-order valence-electron chi connectivity index (χ3n) is 2.37. The van der Waals surface area contributed by atoms with Gasteiger partial charge in [0, 0.05) is 12.4 Å². The Bertz CT molecular complexity index is 612. The minimum Gasteiger partial charge on any atom is -0.372 e. The van der Waals surface area contributed by atoms with Crippen LogP contribution in [0.5, 0.6) is 0 Å². The van der Waals surface area contributed by atoms with Crippen LogP contribution >= 0.6 is 0 Å². The molecule has 7 nitrogen and oxygen atoms in total. The Morgan fingerprint density at radius 2 is 2.15 bits per heavy atom. The van der Waals surface area contributed by atoms with Crippen LogP contribution in [0.2, 0.25) is 0 Å². The molecule has 106 valence electrons. The number of imidazole rings is 1. The fourth-order valence-corrected chi connectivity index (χ4v) is 1.46. The van der Waals surface area contributed by atoms with E-state index < -0.39 is 22.5 Å². The van der Waals surface area contributed by atoms with Crippen LogP contribution < -0.4 is 5.32 Å². The number of rotatable bonds is 4. The van der Waals surface area contributed by atoms with E-state index in [1.165, 1.54) is 12.4 Å². The van der Waals surface area contributed by atoms with Gasteiger partial charge >= 0.3 is 11.9 Å². The lowest BCUT2D eigenvalue weighted by molar-refractivity contribution is -0.384. The Kier molecular flexibility index (Phi) is 3.55. The van der Waals surface area contributed by atoms with Gasteiger partial charge in [-0.05, 0) is 6.07 Å². The van der Waals surface area contributed by atoms with Crippen molar-refractivity contribution in [2.45, 2.75) is 12.7 Å². The van der Waals surface area contributed by atoms with Gasteiger partial charge < -0.3 is 10.3 Å². The van der Waals surface area contributed by atoms with E-state index in [0.717, 1.165) is 0 Å². The minimum absolute atomic E-state index is 0.0230. The Labute approximate surface area is 110 Å². The lowest BCUT2D eigenvalue weighted by Crippen LogP contribution is -2.11. The molecule has 20 heavy (non-hydrogen) atoms. The van der Waals surface area contributed by atoms with Crippen molar-refractivity contribution >= 4 is 11.4 Å². The summed E-state index contributed by atoms with van der Waals surface area (Å²) in [4.78, 5) is 19.6. The minimum atomic E-state index is -4.67. The van der Waals surface area contributed by atoms with Gasteiger partial charge in [-0.2, -0.15) is 13.2 Å². The van der Waals surface area contributed by atoms with Gasteiger partial charge in [0.1, 0.15) is 23.4 Å². The van der Waals surface area contributed by atoms with Crippen LogP contribution in [0.15, 0.2) is 24.7 Å². The summed E-state index contributed by atoms with van der Waals surface area (Å²) in [6.45, 7) is 0.0230. The Hall–Kier alpha value is -2.65. The number of halogens is 3. The molecule has 2 heterocycles. The van der Waals surface area contributed by atoms with Crippen LogP contribution in [-0.2, 0) is 12.7 Å². The average Bonchev–Trinajstić information content (AvgIpc) is 2.87. The second-order valence-corrected chi connectivity index (χ2v) is 3.73. The first kappa shape index (κ1) is 13.8. The van der Waals surface area contributed by atoms with Gasteiger partial charge in [-0.3, -0.25) is 10.1 Å². The molecule has 2 rings (SSSR count). The highest BCUT2D eigenvalue weighted by molar-refractivity contribution is 5.61. The number of anilines is 1. The summed E-state index contributed by atoms with van der Waals surface area (Å²) < 4.78 is 37.6. The number of H-pyrrole nitrogens is 1. The normalized spacial score (nSPS) is 11.3. The maximum Gasteiger partial charge on any atom is 0.433 e. The molecule has 0 amide bonds. The summed E-state index contributed by atoms with van der Waals surface area (Å²) in [6.07, 6.45) is -1.11. The molecule has 0 aliphatic heterocycles. The highest BCUT2D eigenvalue weighted by Crippen LogP contribution is 2.32. The Morgan fingerprint density at radius 1 is 1.40 bits per heavy atom. The summed E-state index contributed by atoms with van der Waals surface area (Å²) in [5, 5.41) is 13.3. The van der Waals surface area contributed by atoms with Crippen LogP contribution in [-0.4, -0.2) is 19.9 Å². The molecule has 0 saturated carbocycles. The summed E-state index contributed by atoms with van der Waals surface area (Å²) in [5.74, 6) is 0.435. The van der Waals surface area contributed by atoms with Crippen molar-refractivity contribution in [3.63, 3.8) is 0 Å². The molecule has 10 heteroatoms. The number of pyridine rings is 1. The van der Waals surface area contributed by atoms with E-state index in [0.29, 0.717) is 18.1 Å². The third-order valence-corrected chi connectivity index (χ3v) is 2.37. The zero-order chi connectivity index (χ0) is 14.8. The molecule has 0 unspecified atom stereocenters. The van der Waals surface area contributed by atoms with E-state index in [1.807, 2.05) is 0 Å². The molecular weight excluding hydrogens is 279 g/mol. The molecule has 0 aliphatic carbocycles. The van der Waals surface area contributed by atoms with Gasteiger partial charge in [0.15, 0.2) is 0 Å². The summed E-state index contributed by atoms with van der Waals surface area (Å²) in [7, 11) is 0. The lowest BCUT2D eigenvalue weighted by Gasteiger charge is -2.09. The molecule has 0 saturated heterocycles. The van der Waals surface area contributed by atoms with Gasteiger partial charge in [0.05, 0.1) is 11.5 Å². The average molecular weight is 287 g/mol. The van der Waals surface area contributed by atoms with Gasteiger partial charge in [0.25, 0.3) is 0 Å². The summed E-state index contributed by atoms with van der Waals surface area (Å²) >= 11 is 0. The van der Waals surface area contributed by atoms with Crippen molar-refractivity contribution in [3.05, 3.63) is 46.3 Å². The second kappa shape index (κ2) is 5.15. The number of hydrogen-bond acceptors (Lipinski definition) is 5. The van der Waals surface area contributed by atoms with E-state index in [9.17, 15) is 23.3 Å². The van der Waals surface area contributed by atoms with E-state index in [4.69, 9.17) is 0 Å². The van der Waals surface area contributed by atoms with Gasteiger partial charge in [-0.15, -0.1) is 0 Å². The number of hydrogen-bond donors (Lipinski definition) is 2. The van der Waals surface area contributed by atoms with E-state index in [2.05, 4.69) is 20.3 Å². The predicted octanol–water partition coefficient (Wildman–Crippen LogP) is 2.34. The van der Waals surface area contributed by atoms with Crippen LogP contribution in [0.3, 0.4) is 0 Å². The Morgan fingerprint density at radius 3 is 2.70 bits per heavy atom. The summed E-state index contributed by atoms with van der Waals surface area (Å²) in [5.41, 5.74) is -2.01. The van der Waals surface area contributed by atoms with Crippen LogP contribution in [0.4, 0.5) is 24.5 Å². The monoisotopic (exact) mass is 287 g/mol. The maximum atomic E-state index is 12.5. The van der Waals surface area contributed by atoms with Gasteiger partial charge in [-0.1, -0.05) is 0 Å². The van der Waals surface area contributed by atoms with Crippen LogP contribution in [0, 0.1) is 10.1 Å². The molecule has 0 aliphatic rings. The lowest BCUT2D eigenvalue weighted by atomic mass is 10.2. The van der Waals surface area contributed by atoms with Crippen molar-refractivity contribution in [2.75, 3.05) is 5.32 Å². The second-order valence-electron chi connectivity index (χ2n) is 3.73. The summed E-state index contributed by atoms with van der Waals surface area (Å²) in [6, 6.07) is 0.598. The molecule has 0 atom stereocenters. The van der Waals surface area contributed by atoms with E-state index in [1.54, 1.807) is 0 Å². The van der Waals surface area contributed by atoms with Crippen molar-refractivity contribution in [2.24, 2.45) is 0 Å². The van der Waals surface area contributed by atoms with Gasteiger partial charge in [0.2, 0.25) is 0 Å². The predicted molar refractivity (Wildman–Crippen MR) is 61.8 cm³/mol. The zero-order valence-corrected chi connectivity index (χ0v) is 9.81. The number of aromatic amines is 1.